The largest absolute Gasteiger partial charge is 0.382 e. The van der Waals surface area contributed by atoms with Crippen LogP contribution in [-0.2, 0) is 16.0 Å². The Morgan fingerprint density at radius 3 is 2.82 bits per heavy atom. The highest BCUT2D eigenvalue weighted by atomic mass is 16.5. The summed E-state index contributed by atoms with van der Waals surface area (Å²) < 4.78 is 10.8. The zero-order valence-electron chi connectivity index (χ0n) is 17.5. The average molecular weight is 389 g/mol. The molecule has 0 aromatic heterocycles. The van der Waals surface area contributed by atoms with E-state index in [-0.39, 0.29) is 0 Å². The second-order valence-corrected chi connectivity index (χ2v) is 7.85. The molecule has 0 amide bonds. The van der Waals surface area contributed by atoms with Crippen LogP contribution in [0.2, 0.25) is 0 Å². The summed E-state index contributed by atoms with van der Waals surface area (Å²) in [5.74, 6) is 1.61. The van der Waals surface area contributed by atoms with Crippen LogP contribution < -0.4 is 5.32 Å². The van der Waals surface area contributed by atoms with Crippen molar-refractivity contribution in [2.75, 3.05) is 60.2 Å². The molecule has 1 N–H and O–H groups in total. The number of hydrogen-bond donors (Lipinski definition) is 1. The monoisotopic (exact) mass is 388 g/mol. The molecule has 2 aliphatic heterocycles. The van der Waals surface area contributed by atoms with Crippen molar-refractivity contribution in [2.45, 2.75) is 31.8 Å². The van der Waals surface area contributed by atoms with E-state index in [9.17, 15) is 0 Å². The summed E-state index contributed by atoms with van der Waals surface area (Å²) in [4.78, 5) is 9.52. The fourth-order valence-electron chi connectivity index (χ4n) is 4.25. The van der Waals surface area contributed by atoms with Gasteiger partial charge in [-0.15, -0.1) is 0 Å². The van der Waals surface area contributed by atoms with Crippen molar-refractivity contribution >= 4 is 5.96 Å². The van der Waals surface area contributed by atoms with Crippen molar-refractivity contribution in [1.82, 2.24) is 15.1 Å². The Morgan fingerprint density at radius 2 is 2.04 bits per heavy atom. The molecule has 2 unspecified atom stereocenters. The smallest absolute Gasteiger partial charge is 0.193 e. The molecule has 0 radical (unpaired) electrons. The van der Waals surface area contributed by atoms with E-state index in [1.54, 1.807) is 7.11 Å². The molecule has 2 aliphatic rings. The molecule has 2 atom stereocenters. The number of likely N-dealkylation sites (tertiary alicyclic amines) is 2. The fraction of sp³-hybridized carbons (Fsp3) is 0.682. The van der Waals surface area contributed by atoms with Crippen LogP contribution in [0.15, 0.2) is 35.3 Å². The third kappa shape index (κ3) is 6.19. The van der Waals surface area contributed by atoms with Crippen LogP contribution in [0.3, 0.4) is 0 Å². The van der Waals surface area contributed by atoms with E-state index in [1.807, 2.05) is 7.05 Å². The molecule has 6 nitrogen and oxygen atoms in total. The van der Waals surface area contributed by atoms with Gasteiger partial charge in [0.15, 0.2) is 5.96 Å². The lowest BCUT2D eigenvalue weighted by molar-refractivity contribution is 0.0536. The average Bonchev–Trinajstić information content (AvgIpc) is 3.37. The van der Waals surface area contributed by atoms with Crippen molar-refractivity contribution < 1.29 is 9.47 Å². The molecule has 2 heterocycles. The molecule has 0 aliphatic carbocycles. The first-order chi connectivity index (χ1) is 13.8. The summed E-state index contributed by atoms with van der Waals surface area (Å²) in [6, 6.07) is 11.4. The minimum Gasteiger partial charge on any atom is -0.382 e. The summed E-state index contributed by atoms with van der Waals surface area (Å²) in [6.45, 7) is 7.41. The van der Waals surface area contributed by atoms with Gasteiger partial charge in [0.2, 0.25) is 0 Å². The summed E-state index contributed by atoms with van der Waals surface area (Å²) in [6.07, 6.45) is 3.70. The number of rotatable bonds is 9. The van der Waals surface area contributed by atoms with Gasteiger partial charge in [-0.2, -0.15) is 0 Å². The highest BCUT2D eigenvalue weighted by Crippen LogP contribution is 2.20. The Labute approximate surface area is 169 Å². The van der Waals surface area contributed by atoms with Gasteiger partial charge < -0.3 is 19.7 Å². The molecule has 2 fully saturated rings. The number of guanidine groups is 1. The minimum absolute atomic E-state index is 0.577. The van der Waals surface area contributed by atoms with Gasteiger partial charge in [0.25, 0.3) is 0 Å². The molecule has 6 heteroatoms. The maximum atomic E-state index is 5.71. The van der Waals surface area contributed by atoms with Gasteiger partial charge in [-0.25, -0.2) is 0 Å². The fourth-order valence-corrected chi connectivity index (χ4v) is 4.25. The van der Waals surface area contributed by atoms with Crippen LogP contribution in [0, 0.1) is 5.92 Å². The molecule has 28 heavy (non-hydrogen) atoms. The van der Waals surface area contributed by atoms with E-state index in [0.29, 0.717) is 25.2 Å². The zero-order chi connectivity index (χ0) is 19.6. The van der Waals surface area contributed by atoms with E-state index < -0.39 is 0 Å². The van der Waals surface area contributed by atoms with Gasteiger partial charge in [0, 0.05) is 52.3 Å². The summed E-state index contributed by atoms with van der Waals surface area (Å²) in [7, 11) is 3.60. The Kier molecular flexibility index (Phi) is 8.58. The van der Waals surface area contributed by atoms with E-state index in [1.165, 1.54) is 24.9 Å². The first kappa shape index (κ1) is 21.1. The molecule has 0 spiro atoms. The van der Waals surface area contributed by atoms with Crippen LogP contribution >= 0.6 is 0 Å². The molecule has 156 valence electrons. The maximum absolute atomic E-state index is 5.71. The predicted molar refractivity (Wildman–Crippen MR) is 114 cm³/mol. The number of benzene rings is 1. The normalized spacial score (nSPS) is 23.5. The number of aliphatic imine (C=N–C) groups is 1. The van der Waals surface area contributed by atoms with Crippen LogP contribution in [-0.4, -0.2) is 82.0 Å². The lowest BCUT2D eigenvalue weighted by atomic mass is 10.1. The number of methoxy groups -OCH3 is 1. The van der Waals surface area contributed by atoms with Gasteiger partial charge in [0.1, 0.15) is 0 Å². The van der Waals surface area contributed by atoms with Crippen molar-refractivity contribution in [2.24, 2.45) is 10.9 Å². The SMILES string of the molecule is CN=C(NCC1CCCN1Cc1ccccc1)N1CCC(COCCOC)C1. The Hall–Kier alpha value is -1.63. The number of ether oxygens (including phenoxy) is 2. The Bertz CT molecular complexity index is 595. The molecular formula is C22H36N4O2. The topological polar surface area (TPSA) is 49.3 Å². The Morgan fingerprint density at radius 1 is 1.18 bits per heavy atom. The van der Waals surface area contributed by atoms with Gasteiger partial charge in [0.05, 0.1) is 19.8 Å². The van der Waals surface area contributed by atoms with E-state index >= 15 is 0 Å². The van der Waals surface area contributed by atoms with Gasteiger partial charge in [-0.1, -0.05) is 30.3 Å². The van der Waals surface area contributed by atoms with E-state index in [0.717, 1.165) is 45.2 Å². The molecule has 0 bridgehead atoms. The predicted octanol–water partition coefficient (Wildman–Crippen LogP) is 2.21. The van der Waals surface area contributed by atoms with Crippen molar-refractivity contribution in [3.63, 3.8) is 0 Å². The van der Waals surface area contributed by atoms with Crippen LogP contribution in [0.5, 0.6) is 0 Å². The lowest BCUT2D eigenvalue weighted by Crippen LogP contribution is -2.46. The highest BCUT2D eigenvalue weighted by molar-refractivity contribution is 5.80. The quantitative estimate of drug-likeness (QED) is 0.399. The third-order valence-corrected chi connectivity index (χ3v) is 5.81. The molecule has 2 saturated heterocycles. The molecular weight excluding hydrogens is 352 g/mol. The van der Waals surface area contributed by atoms with E-state index in [4.69, 9.17) is 9.47 Å². The second kappa shape index (κ2) is 11.4. The van der Waals surface area contributed by atoms with Gasteiger partial charge in [-0.3, -0.25) is 9.89 Å². The van der Waals surface area contributed by atoms with Crippen molar-refractivity contribution in [3.8, 4) is 0 Å². The number of nitrogens with one attached hydrogen (secondary N) is 1. The zero-order valence-corrected chi connectivity index (χ0v) is 17.5. The summed E-state index contributed by atoms with van der Waals surface area (Å²) in [5.41, 5.74) is 1.40. The van der Waals surface area contributed by atoms with Crippen LogP contribution in [0.25, 0.3) is 0 Å². The molecule has 0 saturated carbocycles. The number of nitrogens with zero attached hydrogens (tertiary/aromatic N) is 3. The highest BCUT2D eigenvalue weighted by Gasteiger charge is 2.28. The van der Waals surface area contributed by atoms with E-state index in [2.05, 4.69) is 50.4 Å². The molecule has 1 aromatic carbocycles. The standard InChI is InChI=1S/C22H36N4O2/c1-23-22(26-12-10-20(17-26)18-28-14-13-27-2)24-15-21-9-6-11-25(21)16-19-7-4-3-5-8-19/h3-5,7-8,20-21H,6,9-18H2,1-2H3,(H,23,24). The van der Waals surface area contributed by atoms with Gasteiger partial charge in [-0.05, 0) is 31.4 Å². The summed E-state index contributed by atoms with van der Waals surface area (Å²) in [5, 5.41) is 3.64. The van der Waals surface area contributed by atoms with Crippen LogP contribution in [0.1, 0.15) is 24.8 Å². The first-order valence-corrected chi connectivity index (χ1v) is 10.6. The molecule has 1 aromatic rings. The maximum Gasteiger partial charge on any atom is 0.193 e. The lowest BCUT2D eigenvalue weighted by Gasteiger charge is -2.28. The minimum atomic E-state index is 0.577. The first-order valence-electron chi connectivity index (χ1n) is 10.6. The summed E-state index contributed by atoms with van der Waals surface area (Å²) >= 11 is 0. The second-order valence-electron chi connectivity index (χ2n) is 7.85. The number of hydrogen-bond acceptors (Lipinski definition) is 4. The Balaban J connectivity index is 1.42. The van der Waals surface area contributed by atoms with Gasteiger partial charge >= 0.3 is 0 Å². The van der Waals surface area contributed by atoms with Crippen molar-refractivity contribution in [1.29, 1.82) is 0 Å². The molecule has 3 rings (SSSR count). The third-order valence-electron chi connectivity index (χ3n) is 5.81. The van der Waals surface area contributed by atoms with Crippen LogP contribution in [0.4, 0.5) is 0 Å². The van der Waals surface area contributed by atoms with Crippen molar-refractivity contribution in [3.05, 3.63) is 35.9 Å².